The van der Waals surface area contributed by atoms with Crippen LogP contribution in [0.15, 0.2) is 24.3 Å². The molecule has 0 spiro atoms. The summed E-state index contributed by atoms with van der Waals surface area (Å²) in [6.07, 6.45) is 0.830. The molecule has 3 rings (SSSR count). The van der Waals surface area contributed by atoms with Gasteiger partial charge in [-0.15, -0.1) is 0 Å². The number of amides is 2. The van der Waals surface area contributed by atoms with Crippen LogP contribution in [-0.4, -0.2) is 35.5 Å². The van der Waals surface area contributed by atoms with Crippen molar-refractivity contribution >= 4 is 35.1 Å². The van der Waals surface area contributed by atoms with Gasteiger partial charge in [-0.2, -0.15) is 0 Å². The fraction of sp³-hybridized carbons (Fsp3) is 0.400. The molecule has 2 aliphatic rings. The molecule has 22 heavy (non-hydrogen) atoms. The van der Waals surface area contributed by atoms with Crippen molar-refractivity contribution in [1.82, 2.24) is 5.32 Å². The highest BCUT2D eigenvalue weighted by Gasteiger charge is 2.49. The van der Waals surface area contributed by atoms with E-state index in [-0.39, 0.29) is 11.8 Å². The highest BCUT2D eigenvalue weighted by Crippen LogP contribution is 2.39. The van der Waals surface area contributed by atoms with Crippen LogP contribution in [-0.2, 0) is 14.4 Å². The van der Waals surface area contributed by atoms with Crippen molar-refractivity contribution < 1.29 is 19.5 Å². The van der Waals surface area contributed by atoms with Gasteiger partial charge in [-0.05, 0) is 25.0 Å². The zero-order chi connectivity index (χ0) is 15.9. The molecule has 116 valence electrons. The molecule has 2 fully saturated rings. The first kappa shape index (κ1) is 14.8. The second-order valence-corrected chi connectivity index (χ2v) is 5.99. The van der Waals surface area contributed by atoms with E-state index in [1.54, 1.807) is 29.2 Å². The number of halogens is 1. The van der Waals surface area contributed by atoms with Crippen LogP contribution in [0, 0.1) is 11.8 Å². The van der Waals surface area contributed by atoms with Gasteiger partial charge >= 0.3 is 5.97 Å². The van der Waals surface area contributed by atoms with Crippen LogP contribution in [0.25, 0.3) is 0 Å². The number of carbonyl (C=O) groups excluding carboxylic acids is 2. The number of anilines is 1. The van der Waals surface area contributed by atoms with Crippen molar-refractivity contribution in [1.29, 1.82) is 0 Å². The number of hydrogen-bond acceptors (Lipinski definition) is 3. The summed E-state index contributed by atoms with van der Waals surface area (Å²) in [5.74, 6) is -2.66. The Bertz CT molecular complexity index is 648. The van der Waals surface area contributed by atoms with Crippen LogP contribution < -0.4 is 10.2 Å². The number of hydrogen-bond donors (Lipinski definition) is 2. The fourth-order valence-corrected chi connectivity index (χ4v) is 3.00. The Kier molecular flexibility index (Phi) is 3.78. The molecule has 1 saturated heterocycles. The predicted molar refractivity (Wildman–Crippen MR) is 79.6 cm³/mol. The number of benzene rings is 1. The van der Waals surface area contributed by atoms with Gasteiger partial charge in [0.05, 0.1) is 22.5 Å². The monoisotopic (exact) mass is 322 g/mol. The topological polar surface area (TPSA) is 86.7 Å². The van der Waals surface area contributed by atoms with E-state index < -0.39 is 23.8 Å². The number of aliphatic carboxylic acids is 1. The third-order valence-corrected chi connectivity index (χ3v) is 4.43. The van der Waals surface area contributed by atoms with Crippen molar-refractivity contribution in [3.63, 3.8) is 0 Å². The second-order valence-electron chi connectivity index (χ2n) is 5.58. The average Bonchev–Trinajstić information content (AvgIpc) is 3.22. The molecule has 3 atom stereocenters. The highest BCUT2D eigenvalue weighted by atomic mass is 35.5. The largest absolute Gasteiger partial charge is 0.481 e. The Morgan fingerprint density at radius 3 is 2.64 bits per heavy atom. The number of carboxylic acids is 1. The summed E-state index contributed by atoms with van der Waals surface area (Å²) in [5.41, 5.74) is 0.626. The van der Waals surface area contributed by atoms with Crippen molar-refractivity contribution in [2.75, 3.05) is 11.4 Å². The van der Waals surface area contributed by atoms with Crippen molar-refractivity contribution in [3.05, 3.63) is 29.3 Å². The number of carbonyl (C=O) groups is 3. The standard InChI is InChI=1S/C15H15ClN2O4/c16-10-3-1-2-4-12(10)18-6-5-11(14(18)20)17-13(19)8-7-9(8)15(21)22/h1-4,8-9,11H,5-7H2,(H,17,19)(H,21,22)/t8-,9-,11-/m1/s1. The molecule has 1 aromatic rings. The molecule has 7 heteroatoms. The maximum absolute atomic E-state index is 12.4. The number of carboxylic acid groups (broad SMARTS) is 1. The SMILES string of the molecule is O=C(O)[C@@H]1C[C@H]1C(=O)N[C@@H]1CCN(c2ccccc2Cl)C1=O. The van der Waals surface area contributed by atoms with Gasteiger partial charge in [0.1, 0.15) is 6.04 Å². The first-order chi connectivity index (χ1) is 10.5. The second kappa shape index (κ2) is 5.61. The summed E-state index contributed by atoms with van der Waals surface area (Å²) in [6.45, 7) is 0.473. The van der Waals surface area contributed by atoms with E-state index in [1.807, 2.05) is 0 Å². The molecule has 2 amide bonds. The Balaban J connectivity index is 1.64. The van der Waals surface area contributed by atoms with E-state index in [2.05, 4.69) is 5.32 Å². The van der Waals surface area contributed by atoms with Crippen molar-refractivity contribution in [2.45, 2.75) is 18.9 Å². The zero-order valence-corrected chi connectivity index (χ0v) is 12.4. The van der Waals surface area contributed by atoms with E-state index in [0.717, 1.165) is 0 Å². The summed E-state index contributed by atoms with van der Waals surface area (Å²) in [7, 11) is 0. The van der Waals surface area contributed by atoms with E-state index in [9.17, 15) is 14.4 Å². The molecule has 1 aromatic carbocycles. The van der Waals surface area contributed by atoms with Gasteiger partial charge in [0.2, 0.25) is 11.8 Å². The number of nitrogens with zero attached hydrogens (tertiary/aromatic N) is 1. The van der Waals surface area contributed by atoms with Gasteiger partial charge in [-0.3, -0.25) is 14.4 Å². The molecule has 2 N–H and O–H groups in total. The number of para-hydroxylation sites is 1. The lowest BCUT2D eigenvalue weighted by Gasteiger charge is -2.18. The van der Waals surface area contributed by atoms with Crippen molar-refractivity contribution in [2.24, 2.45) is 11.8 Å². The quantitative estimate of drug-likeness (QED) is 0.874. The maximum atomic E-state index is 12.4. The molecular formula is C15H15ClN2O4. The highest BCUT2D eigenvalue weighted by molar-refractivity contribution is 6.34. The Morgan fingerprint density at radius 2 is 2.00 bits per heavy atom. The molecule has 1 aliphatic carbocycles. The lowest BCUT2D eigenvalue weighted by atomic mass is 10.2. The van der Waals surface area contributed by atoms with Crippen LogP contribution in [0.3, 0.4) is 0 Å². The number of nitrogens with one attached hydrogen (secondary N) is 1. The molecule has 0 bridgehead atoms. The van der Waals surface area contributed by atoms with E-state index in [0.29, 0.717) is 30.1 Å². The van der Waals surface area contributed by atoms with Gasteiger partial charge in [0.25, 0.3) is 0 Å². The predicted octanol–water partition coefficient (Wildman–Crippen LogP) is 1.28. The first-order valence-corrected chi connectivity index (χ1v) is 7.46. The smallest absolute Gasteiger partial charge is 0.307 e. The van der Waals surface area contributed by atoms with E-state index in [1.165, 1.54) is 0 Å². The first-order valence-electron chi connectivity index (χ1n) is 7.08. The van der Waals surface area contributed by atoms with Crippen LogP contribution in [0.2, 0.25) is 5.02 Å². The summed E-state index contributed by atoms with van der Waals surface area (Å²) < 4.78 is 0. The minimum atomic E-state index is -0.962. The minimum Gasteiger partial charge on any atom is -0.481 e. The Hall–Kier alpha value is -2.08. The lowest BCUT2D eigenvalue weighted by molar-refractivity contribution is -0.140. The zero-order valence-electron chi connectivity index (χ0n) is 11.7. The Labute approximate surface area is 132 Å². The molecule has 0 radical (unpaired) electrons. The number of rotatable bonds is 4. The molecule has 1 aliphatic heterocycles. The molecule has 1 saturated carbocycles. The fourth-order valence-electron chi connectivity index (χ4n) is 2.76. The van der Waals surface area contributed by atoms with Crippen LogP contribution in [0.1, 0.15) is 12.8 Å². The summed E-state index contributed by atoms with van der Waals surface area (Å²) >= 11 is 6.09. The van der Waals surface area contributed by atoms with Gasteiger partial charge in [-0.25, -0.2) is 0 Å². The van der Waals surface area contributed by atoms with E-state index in [4.69, 9.17) is 16.7 Å². The summed E-state index contributed by atoms with van der Waals surface area (Å²) in [5, 5.41) is 12.0. The normalized spacial score (nSPS) is 26.9. The third kappa shape index (κ3) is 2.66. The van der Waals surface area contributed by atoms with Gasteiger partial charge < -0.3 is 15.3 Å². The molecular weight excluding hydrogens is 308 g/mol. The lowest BCUT2D eigenvalue weighted by Crippen LogP contribution is -2.42. The molecule has 1 heterocycles. The van der Waals surface area contributed by atoms with Crippen LogP contribution in [0.4, 0.5) is 5.69 Å². The maximum Gasteiger partial charge on any atom is 0.307 e. The minimum absolute atomic E-state index is 0.214. The third-order valence-electron chi connectivity index (χ3n) is 4.11. The van der Waals surface area contributed by atoms with Gasteiger partial charge in [-0.1, -0.05) is 23.7 Å². The molecule has 0 aromatic heterocycles. The summed E-state index contributed by atoms with van der Waals surface area (Å²) in [4.78, 5) is 36.7. The molecule has 0 unspecified atom stereocenters. The van der Waals surface area contributed by atoms with Crippen LogP contribution in [0.5, 0.6) is 0 Å². The van der Waals surface area contributed by atoms with Crippen molar-refractivity contribution in [3.8, 4) is 0 Å². The summed E-state index contributed by atoms with van der Waals surface area (Å²) in [6, 6.07) is 6.43. The van der Waals surface area contributed by atoms with Gasteiger partial charge in [0, 0.05) is 6.54 Å². The van der Waals surface area contributed by atoms with Crippen LogP contribution >= 0.6 is 11.6 Å². The van der Waals surface area contributed by atoms with Gasteiger partial charge in [0.15, 0.2) is 0 Å². The Morgan fingerprint density at radius 1 is 1.27 bits per heavy atom. The average molecular weight is 323 g/mol. The molecule has 6 nitrogen and oxygen atoms in total. The van der Waals surface area contributed by atoms with E-state index >= 15 is 0 Å².